The maximum absolute atomic E-state index is 13.1. The number of carbonyl (C=O) groups is 2. The van der Waals surface area contributed by atoms with Crippen molar-refractivity contribution in [3.8, 4) is 5.75 Å². The first-order chi connectivity index (χ1) is 16.1. The first kappa shape index (κ1) is 26.1. The van der Waals surface area contributed by atoms with Crippen LogP contribution in [0.5, 0.6) is 5.75 Å². The molecule has 1 amide bonds. The second kappa shape index (κ2) is 11.3. The third kappa shape index (κ3) is 5.93. The van der Waals surface area contributed by atoms with E-state index in [1.54, 1.807) is 42.5 Å². The summed E-state index contributed by atoms with van der Waals surface area (Å²) in [5.74, 6) is -0.565. The van der Waals surface area contributed by atoms with Gasteiger partial charge in [0.2, 0.25) is 0 Å². The average Bonchev–Trinajstić information content (AvgIpc) is 3.04. The van der Waals surface area contributed by atoms with E-state index in [1.807, 2.05) is 19.0 Å². The van der Waals surface area contributed by atoms with Crippen LogP contribution in [0, 0.1) is 5.92 Å². The maximum Gasteiger partial charge on any atom is 0.295 e. The minimum absolute atomic E-state index is 0.0316. The Labute approximate surface area is 210 Å². The number of carbonyl (C=O) groups excluding carboxylic acids is 2. The molecule has 2 aromatic carbocycles. The number of benzene rings is 2. The van der Waals surface area contributed by atoms with Crippen molar-refractivity contribution in [2.45, 2.75) is 26.3 Å². The summed E-state index contributed by atoms with van der Waals surface area (Å²) >= 11 is 12.3. The standard InChI is InChI=1S/C26H30Cl2N2O4/c1-16(2)15-34-19-9-6-17(7-10-19)24(31)22-23(18-8-11-20(27)21(28)14-18)30(26(33)25(22)32)13-5-12-29(3)4/h6-11,14,16,23,31H,5,12-13,15H2,1-4H3/t23-/m1/s1. The van der Waals surface area contributed by atoms with Gasteiger partial charge in [-0.15, -0.1) is 0 Å². The van der Waals surface area contributed by atoms with Crippen molar-refractivity contribution >= 4 is 40.7 Å². The van der Waals surface area contributed by atoms with Crippen molar-refractivity contribution in [2.75, 3.05) is 33.8 Å². The van der Waals surface area contributed by atoms with Crippen molar-refractivity contribution < 1.29 is 19.4 Å². The molecule has 0 bridgehead atoms. The zero-order chi connectivity index (χ0) is 25.0. The Balaban J connectivity index is 2.02. The van der Waals surface area contributed by atoms with E-state index < -0.39 is 17.7 Å². The summed E-state index contributed by atoms with van der Waals surface area (Å²) < 4.78 is 5.70. The second-order valence-corrected chi connectivity index (χ2v) is 9.87. The quantitative estimate of drug-likeness (QED) is 0.281. The molecular weight excluding hydrogens is 475 g/mol. The molecule has 1 heterocycles. The minimum Gasteiger partial charge on any atom is -0.507 e. The number of ketones is 1. The van der Waals surface area contributed by atoms with Crippen LogP contribution in [0.1, 0.15) is 37.4 Å². The van der Waals surface area contributed by atoms with Gasteiger partial charge in [-0.25, -0.2) is 0 Å². The predicted molar refractivity (Wildman–Crippen MR) is 135 cm³/mol. The zero-order valence-electron chi connectivity index (χ0n) is 19.8. The van der Waals surface area contributed by atoms with Crippen LogP contribution in [-0.2, 0) is 9.59 Å². The lowest BCUT2D eigenvalue weighted by atomic mass is 9.95. The molecule has 6 nitrogen and oxygen atoms in total. The number of hydrogen-bond donors (Lipinski definition) is 1. The Hall–Kier alpha value is -2.54. The maximum atomic E-state index is 13.1. The highest BCUT2D eigenvalue weighted by atomic mass is 35.5. The smallest absolute Gasteiger partial charge is 0.295 e. The lowest BCUT2D eigenvalue weighted by Gasteiger charge is -2.26. The summed E-state index contributed by atoms with van der Waals surface area (Å²) in [7, 11) is 3.89. The number of rotatable bonds is 9. The largest absolute Gasteiger partial charge is 0.507 e. The number of amides is 1. The van der Waals surface area contributed by atoms with Crippen molar-refractivity contribution in [3.05, 3.63) is 69.2 Å². The number of halogens is 2. The summed E-state index contributed by atoms with van der Waals surface area (Å²) in [4.78, 5) is 29.6. The number of hydrogen-bond acceptors (Lipinski definition) is 5. The number of nitrogens with zero attached hydrogens (tertiary/aromatic N) is 2. The lowest BCUT2D eigenvalue weighted by molar-refractivity contribution is -0.139. The Morgan fingerprint density at radius 3 is 2.35 bits per heavy atom. The topological polar surface area (TPSA) is 70.1 Å². The van der Waals surface area contributed by atoms with E-state index in [1.165, 1.54) is 4.90 Å². The molecule has 2 aromatic rings. The van der Waals surface area contributed by atoms with Crippen LogP contribution in [0.2, 0.25) is 10.0 Å². The van der Waals surface area contributed by atoms with E-state index in [4.69, 9.17) is 27.9 Å². The zero-order valence-corrected chi connectivity index (χ0v) is 21.4. The molecule has 34 heavy (non-hydrogen) atoms. The second-order valence-electron chi connectivity index (χ2n) is 9.05. The van der Waals surface area contributed by atoms with Crippen LogP contribution in [0.15, 0.2) is 48.0 Å². The van der Waals surface area contributed by atoms with Gasteiger partial charge in [0.15, 0.2) is 0 Å². The molecule has 1 aliphatic heterocycles. The predicted octanol–water partition coefficient (Wildman–Crippen LogP) is 5.40. The summed E-state index contributed by atoms with van der Waals surface area (Å²) in [5.41, 5.74) is 1.06. The van der Waals surface area contributed by atoms with Gasteiger partial charge in [0.25, 0.3) is 11.7 Å². The molecule has 0 aliphatic carbocycles. The van der Waals surface area contributed by atoms with E-state index in [2.05, 4.69) is 13.8 Å². The van der Waals surface area contributed by atoms with Gasteiger partial charge < -0.3 is 19.6 Å². The van der Waals surface area contributed by atoms with Gasteiger partial charge in [0, 0.05) is 12.1 Å². The molecule has 3 rings (SSSR count). The van der Waals surface area contributed by atoms with Gasteiger partial charge in [-0.2, -0.15) is 0 Å². The Morgan fingerprint density at radius 2 is 1.76 bits per heavy atom. The Bertz CT molecular complexity index is 1080. The highest BCUT2D eigenvalue weighted by Crippen LogP contribution is 2.41. The van der Waals surface area contributed by atoms with Gasteiger partial charge >= 0.3 is 0 Å². The summed E-state index contributed by atoms with van der Waals surface area (Å²) in [5, 5.41) is 11.9. The number of aliphatic hydroxyl groups excluding tert-OH is 1. The lowest BCUT2D eigenvalue weighted by Crippen LogP contribution is -2.32. The molecule has 0 radical (unpaired) electrons. The molecule has 182 valence electrons. The van der Waals surface area contributed by atoms with Crippen LogP contribution in [-0.4, -0.2) is 60.4 Å². The molecule has 8 heteroatoms. The first-order valence-corrected chi connectivity index (χ1v) is 12.0. The highest BCUT2D eigenvalue weighted by molar-refractivity contribution is 6.46. The van der Waals surface area contributed by atoms with Crippen LogP contribution >= 0.6 is 23.2 Å². The van der Waals surface area contributed by atoms with Gasteiger partial charge in [0.05, 0.1) is 28.3 Å². The van der Waals surface area contributed by atoms with E-state index in [0.29, 0.717) is 52.4 Å². The summed E-state index contributed by atoms with van der Waals surface area (Å²) in [6.07, 6.45) is 0.666. The van der Waals surface area contributed by atoms with Gasteiger partial charge in [-0.05, 0) is 74.9 Å². The van der Waals surface area contributed by atoms with Crippen LogP contribution < -0.4 is 4.74 Å². The fourth-order valence-electron chi connectivity index (χ4n) is 3.82. The third-order valence-corrected chi connectivity index (χ3v) is 6.25. The SMILES string of the molecule is CC(C)COc1ccc(C(O)=C2C(=O)C(=O)N(CCCN(C)C)[C@@H]2c2ccc(Cl)c(Cl)c2)cc1. The molecule has 1 N–H and O–H groups in total. The molecule has 1 saturated heterocycles. The summed E-state index contributed by atoms with van der Waals surface area (Å²) in [6.45, 7) is 5.78. The molecule has 1 aliphatic rings. The average molecular weight is 505 g/mol. The van der Waals surface area contributed by atoms with Crippen LogP contribution in [0.4, 0.5) is 0 Å². The molecule has 1 fully saturated rings. The Morgan fingerprint density at radius 1 is 1.09 bits per heavy atom. The molecule has 0 spiro atoms. The van der Waals surface area contributed by atoms with E-state index >= 15 is 0 Å². The molecule has 0 aromatic heterocycles. The van der Waals surface area contributed by atoms with Gasteiger partial charge in [0.1, 0.15) is 11.5 Å². The third-order valence-electron chi connectivity index (χ3n) is 5.51. The molecular formula is C26H30Cl2N2O4. The number of ether oxygens (including phenoxy) is 1. The van der Waals surface area contributed by atoms with Crippen molar-refractivity contribution in [1.82, 2.24) is 9.80 Å². The van der Waals surface area contributed by atoms with E-state index in [-0.39, 0.29) is 11.3 Å². The Kier molecular flexibility index (Phi) is 8.63. The monoisotopic (exact) mass is 504 g/mol. The number of aliphatic hydroxyl groups is 1. The molecule has 0 unspecified atom stereocenters. The van der Waals surface area contributed by atoms with E-state index in [0.717, 1.165) is 6.54 Å². The number of Topliss-reactive ketones (excluding diaryl/α,β-unsaturated/α-hetero) is 1. The van der Waals surface area contributed by atoms with Crippen molar-refractivity contribution in [3.63, 3.8) is 0 Å². The summed E-state index contributed by atoms with van der Waals surface area (Å²) in [6, 6.07) is 11.0. The highest BCUT2D eigenvalue weighted by Gasteiger charge is 2.45. The van der Waals surface area contributed by atoms with Crippen molar-refractivity contribution in [2.24, 2.45) is 5.92 Å². The van der Waals surface area contributed by atoms with E-state index in [9.17, 15) is 14.7 Å². The van der Waals surface area contributed by atoms with Crippen molar-refractivity contribution in [1.29, 1.82) is 0 Å². The van der Waals surface area contributed by atoms with Crippen LogP contribution in [0.25, 0.3) is 5.76 Å². The van der Waals surface area contributed by atoms with Gasteiger partial charge in [-0.3, -0.25) is 9.59 Å². The molecule has 1 atom stereocenters. The fourth-order valence-corrected chi connectivity index (χ4v) is 4.13. The minimum atomic E-state index is -0.770. The number of likely N-dealkylation sites (tertiary alicyclic amines) is 1. The molecule has 0 saturated carbocycles. The fraction of sp³-hybridized carbons (Fsp3) is 0.385. The normalized spacial score (nSPS) is 17.8. The van der Waals surface area contributed by atoms with Gasteiger partial charge in [-0.1, -0.05) is 43.1 Å². The van der Waals surface area contributed by atoms with Crippen LogP contribution in [0.3, 0.4) is 0 Å². The first-order valence-electron chi connectivity index (χ1n) is 11.2.